The van der Waals surface area contributed by atoms with E-state index in [2.05, 4.69) is 4.98 Å². The lowest BCUT2D eigenvalue weighted by atomic mass is 9.72. The van der Waals surface area contributed by atoms with Crippen LogP contribution in [-0.2, 0) is 11.2 Å². The summed E-state index contributed by atoms with van der Waals surface area (Å²) in [7, 11) is 7.46. The number of pyridine rings is 1. The van der Waals surface area contributed by atoms with E-state index >= 15 is 0 Å². The van der Waals surface area contributed by atoms with Crippen LogP contribution < -0.4 is 9.47 Å². The molecule has 37 heavy (non-hydrogen) atoms. The summed E-state index contributed by atoms with van der Waals surface area (Å²) < 4.78 is 38.4. The molecule has 8 heteroatoms. The van der Waals surface area contributed by atoms with Gasteiger partial charge < -0.3 is 19.5 Å². The zero-order chi connectivity index (χ0) is 27.4. The third-order valence-electron chi connectivity index (χ3n) is 6.49. The number of methoxy groups -OCH3 is 1. The maximum absolute atomic E-state index is 13.2. The van der Waals surface area contributed by atoms with Gasteiger partial charge in [0.1, 0.15) is 16.5 Å². The van der Waals surface area contributed by atoms with Crippen LogP contribution in [0.4, 0.5) is 8.78 Å². The molecule has 2 heterocycles. The van der Waals surface area contributed by atoms with E-state index in [-0.39, 0.29) is 22.5 Å². The number of ether oxygens (including phenoxy) is 2. The molecule has 5 nitrogen and oxygen atoms in total. The molecule has 1 N–H and O–H groups in total. The molecule has 2 aromatic carbocycles. The van der Waals surface area contributed by atoms with Crippen LogP contribution in [0.1, 0.15) is 61.3 Å². The van der Waals surface area contributed by atoms with Crippen LogP contribution in [0.25, 0.3) is 0 Å². The average Bonchev–Trinajstić information content (AvgIpc) is 3.31. The molecule has 1 aliphatic heterocycles. The first-order valence-electron chi connectivity index (χ1n) is 12.3. The van der Waals surface area contributed by atoms with Gasteiger partial charge in [0.2, 0.25) is 5.88 Å². The van der Waals surface area contributed by atoms with Crippen LogP contribution in [0.15, 0.2) is 60.7 Å². The maximum atomic E-state index is 13.2. The molecule has 3 atom stereocenters. The highest BCUT2D eigenvalue weighted by atomic mass is 35.5. The van der Waals surface area contributed by atoms with Crippen molar-refractivity contribution in [2.45, 2.75) is 50.2 Å². The van der Waals surface area contributed by atoms with Gasteiger partial charge in [-0.1, -0.05) is 80.0 Å². The van der Waals surface area contributed by atoms with Crippen molar-refractivity contribution in [3.8, 4) is 11.6 Å². The Labute approximate surface area is 223 Å². The standard InChI is InChI=1S/C24H20ClF2NO3.C3H9N.C2H6/c1-30-22-20-18(13-19(25)28-22)31-24(16-9-7-15(8-10-16)21(26)27)17(11-12-23(20,24)29)14-5-3-2-4-6-14;1-4(2)3;1-2/h2-10,13,17,21,29H,11-12H2,1H3;1-3H3;1-2H3. The highest BCUT2D eigenvalue weighted by molar-refractivity contribution is 6.29. The Morgan fingerprint density at radius 2 is 1.68 bits per heavy atom. The van der Waals surface area contributed by atoms with Crippen LogP contribution in [0.2, 0.25) is 5.15 Å². The van der Waals surface area contributed by atoms with Crippen molar-refractivity contribution in [2.24, 2.45) is 0 Å². The molecule has 0 saturated heterocycles. The Bertz CT molecular complexity index is 1180. The number of halogens is 3. The molecule has 0 amide bonds. The molecule has 2 aliphatic rings. The monoisotopic (exact) mass is 532 g/mol. The first kappa shape index (κ1) is 28.8. The van der Waals surface area contributed by atoms with E-state index in [9.17, 15) is 13.9 Å². The van der Waals surface area contributed by atoms with Crippen molar-refractivity contribution in [3.05, 3.63) is 88.1 Å². The van der Waals surface area contributed by atoms with E-state index in [1.54, 1.807) is 18.2 Å². The molecule has 200 valence electrons. The second-order valence-corrected chi connectivity index (χ2v) is 9.68. The Hall–Kier alpha value is -2.74. The van der Waals surface area contributed by atoms with E-state index < -0.39 is 17.6 Å². The summed E-state index contributed by atoms with van der Waals surface area (Å²) in [6.45, 7) is 4.00. The van der Waals surface area contributed by atoms with Gasteiger partial charge in [-0.3, -0.25) is 0 Å². The quantitative estimate of drug-likeness (QED) is 0.369. The van der Waals surface area contributed by atoms with Gasteiger partial charge in [-0.2, -0.15) is 0 Å². The van der Waals surface area contributed by atoms with Crippen LogP contribution in [0.3, 0.4) is 0 Å². The fraction of sp³-hybridized carbons (Fsp3) is 0.414. The van der Waals surface area contributed by atoms with Crippen molar-refractivity contribution in [1.82, 2.24) is 9.88 Å². The smallest absolute Gasteiger partial charge is 0.263 e. The first-order chi connectivity index (χ1) is 17.6. The molecule has 5 rings (SSSR count). The number of aromatic nitrogens is 1. The normalized spacial score (nSPS) is 23.3. The van der Waals surface area contributed by atoms with Crippen molar-refractivity contribution in [2.75, 3.05) is 28.3 Å². The largest absolute Gasteiger partial charge is 0.481 e. The SMILES string of the molecule is CC.CN(C)C.COc1nc(Cl)cc2c1C1(O)CCC(c3ccccc3)C1(c1ccc(C(F)F)cc1)O2. The number of fused-ring (bicyclic) bond motifs is 3. The number of rotatable bonds is 4. The molecule has 0 radical (unpaired) electrons. The lowest BCUT2D eigenvalue weighted by Crippen LogP contribution is -2.48. The van der Waals surface area contributed by atoms with E-state index in [0.29, 0.717) is 29.7 Å². The van der Waals surface area contributed by atoms with Gasteiger partial charge >= 0.3 is 0 Å². The Balaban J connectivity index is 0.000000580. The topological polar surface area (TPSA) is 54.8 Å². The van der Waals surface area contributed by atoms with Gasteiger partial charge in [-0.05, 0) is 45.1 Å². The molecule has 3 unspecified atom stereocenters. The number of aliphatic hydroxyl groups is 1. The number of alkyl halides is 2. The molecule has 1 aromatic heterocycles. The lowest BCUT2D eigenvalue weighted by Gasteiger charge is -2.40. The van der Waals surface area contributed by atoms with E-state index in [1.165, 1.54) is 19.2 Å². The third kappa shape index (κ3) is 5.17. The van der Waals surface area contributed by atoms with Gasteiger partial charge in [-0.25, -0.2) is 13.8 Å². The van der Waals surface area contributed by atoms with Gasteiger partial charge in [0.25, 0.3) is 6.43 Å². The Kier molecular flexibility index (Phi) is 9.16. The molecular formula is C29H35ClF2N2O3. The van der Waals surface area contributed by atoms with Crippen LogP contribution in [0.5, 0.6) is 11.6 Å². The second-order valence-electron chi connectivity index (χ2n) is 9.29. The summed E-state index contributed by atoms with van der Waals surface area (Å²) >= 11 is 6.17. The Morgan fingerprint density at radius 3 is 2.22 bits per heavy atom. The summed E-state index contributed by atoms with van der Waals surface area (Å²) in [5.74, 6) is 0.356. The zero-order valence-corrected chi connectivity index (χ0v) is 22.9. The minimum Gasteiger partial charge on any atom is -0.481 e. The molecule has 1 saturated carbocycles. The lowest BCUT2D eigenvalue weighted by molar-refractivity contribution is -0.106. The van der Waals surface area contributed by atoms with E-state index in [0.717, 1.165) is 5.56 Å². The number of benzene rings is 2. The molecule has 1 aliphatic carbocycles. The maximum Gasteiger partial charge on any atom is 0.263 e. The highest BCUT2D eigenvalue weighted by Gasteiger charge is 2.69. The third-order valence-corrected chi connectivity index (χ3v) is 6.68. The van der Waals surface area contributed by atoms with E-state index in [1.807, 2.05) is 70.2 Å². The van der Waals surface area contributed by atoms with Crippen molar-refractivity contribution < 1.29 is 23.4 Å². The number of nitrogens with zero attached hydrogens (tertiary/aromatic N) is 2. The second kappa shape index (κ2) is 11.8. The highest BCUT2D eigenvalue weighted by Crippen LogP contribution is 2.68. The summed E-state index contributed by atoms with van der Waals surface area (Å²) in [5.41, 5.74) is -0.761. The summed E-state index contributed by atoms with van der Waals surface area (Å²) in [5, 5.41) is 12.3. The predicted molar refractivity (Wildman–Crippen MR) is 143 cm³/mol. The van der Waals surface area contributed by atoms with Crippen LogP contribution >= 0.6 is 11.6 Å². The fourth-order valence-corrected chi connectivity index (χ4v) is 5.39. The molecule has 0 spiro atoms. The zero-order valence-electron chi connectivity index (χ0n) is 22.1. The first-order valence-corrected chi connectivity index (χ1v) is 12.7. The Morgan fingerprint density at radius 1 is 1.08 bits per heavy atom. The molecule has 0 bridgehead atoms. The van der Waals surface area contributed by atoms with Crippen LogP contribution in [0, 0.1) is 0 Å². The fourth-order valence-electron chi connectivity index (χ4n) is 5.21. The number of hydrogen-bond acceptors (Lipinski definition) is 5. The van der Waals surface area contributed by atoms with Gasteiger partial charge in [0, 0.05) is 17.5 Å². The molecule has 3 aromatic rings. The van der Waals surface area contributed by atoms with Crippen LogP contribution in [-0.4, -0.2) is 43.2 Å². The van der Waals surface area contributed by atoms with Crippen molar-refractivity contribution in [1.29, 1.82) is 0 Å². The molecular weight excluding hydrogens is 498 g/mol. The van der Waals surface area contributed by atoms with Gasteiger partial charge in [-0.15, -0.1) is 0 Å². The molecule has 1 fully saturated rings. The van der Waals surface area contributed by atoms with E-state index in [4.69, 9.17) is 21.1 Å². The van der Waals surface area contributed by atoms with Gasteiger partial charge in [0.15, 0.2) is 5.60 Å². The minimum absolute atomic E-state index is 0.0873. The van der Waals surface area contributed by atoms with Gasteiger partial charge in [0.05, 0.1) is 12.7 Å². The average molecular weight is 533 g/mol. The van der Waals surface area contributed by atoms with Crippen molar-refractivity contribution in [3.63, 3.8) is 0 Å². The summed E-state index contributed by atoms with van der Waals surface area (Å²) in [6.07, 6.45) is -1.57. The number of hydrogen-bond donors (Lipinski definition) is 1. The summed E-state index contributed by atoms with van der Waals surface area (Å²) in [6, 6.07) is 17.3. The predicted octanol–water partition coefficient (Wildman–Crippen LogP) is 6.94. The van der Waals surface area contributed by atoms with Crippen molar-refractivity contribution >= 4 is 11.6 Å². The minimum atomic E-state index is -2.58. The summed E-state index contributed by atoms with van der Waals surface area (Å²) in [4.78, 5) is 6.23.